The van der Waals surface area contributed by atoms with E-state index in [1.807, 2.05) is 6.92 Å². The van der Waals surface area contributed by atoms with Crippen LogP contribution in [0.3, 0.4) is 0 Å². The minimum absolute atomic E-state index is 0.00400. The van der Waals surface area contributed by atoms with Gasteiger partial charge in [0, 0.05) is 32.4 Å². The van der Waals surface area contributed by atoms with Crippen LogP contribution in [0.1, 0.15) is 60.1 Å². The largest absolute Gasteiger partial charge is 0.478 e. The fourth-order valence-corrected chi connectivity index (χ4v) is 3.45. The number of anilines is 1. The van der Waals surface area contributed by atoms with Gasteiger partial charge in [-0.1, -0.05) is 24.3 Å². The Balaban J connectivity index is 1.58. The molecule has 1 unspecified atom stereocenters. The fourth-order valence-electron chi connectivity index (χ4n) is 3.45. The SMILES string of the molecule is CC(=O)NC(C)c1ccc(C2CCN(c3ncc(C(=O)O)cn3)CC2)cc1. The van der Waals surface area contributed by atoms with Gasteiger partial charge in [0.05, 0.1) is 11.6 Å². The predicted molar refractivity (Wildman–Crippen MR) is 102 cm³/mol. The van der Waals surface area contributed by atoms with E-state index in [9.17, 15) is 9.59 Å². The first-order valence-corrected chi connectivity index (χ1v) is 9.11. The highest BCUT2D eigenvalue weighted by Crippen LogP contribution is 2.30. The molecule has 7 heteroatoms. The van der Waals surface area contributed by atoms with Crippen LogP contribution in [-0.4, -0.2) is 40.0 Å². The molecule has 1 aromatic carbocycles. The second-order valence-corrected chi connectivity index (χ2v) is 6.93. The van der Waals surface area contributed by atoms with E-state index in [0.717, 1.165) is 31.5 Å². The average Bonchev–Trinajstić information content (AvgIpc) is 2.68. The lowest BCUT2D eigenvalue weighted by atomic mass is 9.88. The van der Waals surface area contributed by atoms with Crippen molar-refractivity contribution in [2.24, 2.45) is 0 Å². The molecule has 0 radical (unpaired) electrons. The van der Waals surface area contributed by atoms with Gasteiger partial charge in [-0.05, 0) is 36.8 Å². The zero-order chi connectivity index (χ0) is 19.4. The zero-order valence-corrected chi connectivity index (χ0v) is 15.6. The Bertz CT molecular complexity index is 797. The first-order chi connectivity index (χ1) is 12.9. The molecule has 27 heavy (non-hydrogen) atoms. The Hall–Kier alpha value is -2.96. The van der Waals surface area contributed by atoms with Gasteiger partial charge in [0.25, 0.3) is 0 Å². The molecule has 0 aliphatic carbocycles. The number of carboxylic acid groups (broad SMARTS) is 1. The number of aromatic nitrogens is 2. The second kappa shape index (κ2) is 8.16. The summed E-state index contributed by atoms with van der Waals surface area (Å²) in [4.78, 5) is 32.5. The van der Waals surface area contributed by atoms with Crippen molar-refractivity contribution in [2.75, 3.05) is 18.0 Å². The molecule has 1 aromatic heterocycles. The number of benzene rings is 1. The van der Waals surface area contributed by atoms with Crippen LogP contribution in [0.25, 0.3) is 0 Å². The molecule has 142 valence electrons. The van der Waals surface area contributed by atoms with Gasteiger partial charge in [-0.15, -0.1) is 0 Å². The van der Waals surface area contributed by atoms with Gasteiger partial charge >= 0.3 is 5.97 Å². The number of rotatable bonds is 5. The van der Waals surface area contributed by atoms with Gasteiger partial charge in [-0.3, -0.25) is 4.79 Å². The summed E-state index contributed by atoms with van der Waals surface area (Å²) in [5.41, 5.74) is 2.50. The van der Waals surface area contributed by atoms with Crippen LogP contribution in [0.2, 0.25) is 0 Å². The maximum Gasteiger partial charge on any atom is 0.338 e. The number of piperidine rings is 1. The van der Waals surface area contributed by atoms with Gasteiger partial charge in [-0.2, -0.15) is 0 Å². The molecule has 1 fully saturated rings. The van der Waals surface area contributed by atoms with Gasteiger partial charge in [0.15, 0.2) is 0 Å². The lowest BCUT2D eigenvalue weighted by Crippen LogP contribution is -2.34. The number of carbonyl (C=O) groups excluding carboxylic acids is 1. The highest BCUT2D eigenvalue weighted by molar-refractivity contribution is 5.86. The van der Waals surface area contributed by atoms with E-state index in [0.29, 0.717) is 11.9 Å². The van der Waals surface area contributed by atoms with Gasteiger partial charge in [-0.25, -0.2) is 14.8 Å². The van der Waals surface area contributed by atoms with Gasteiger partial charge in [0.2, 0.25) is 11.9 Å². The number of hydrogen-bond acceptors (Lipinski definition) is 5. The Morgan fingerprint density at radius 1 is 1.15 bits per heavy atom. The van der Waals surface area contributed by atoms with E-state index >= 15 is 0 Å². The Morgan fingerprint density at radius 3 is 2.26 bits per heavy atom. The van der Waals surface area contributed by atoms with Crippen molar-refractivity contribution in [2.45, 2.75) is 38.6 Å². The highest BCUT2D eigenvalue weighted by atomic mass is 16.4. The molecule has 2 aromatic rings. The standard InChI is InChI=1S/C20H24N4O3/c1-13(23-14(2)25)15-3-5-16(6-4-15)17-7-9-24(10-8-17)20-21-11-18(12-22-20)19(26)27/h3-6,11-13,17H,7-10H2,1-2H3,(H,23,25)(H,26,27). The topological polar surface area (TPSA) is 95.4 Å². The van der Waals surface area contributed by atoms with Crippen molar-refractivity contribution in [1.29, 1.82) is 0 Å². The molecule has 2 N–H and O–H groups in total. The molecule has 2 heterocycles. The van der Waals surface area contributed by atoms with Crippen molar-refractivity contribution in [1.82, 2.24) is 15.3 Å². The van der Waals surface area contributed by atoms with Crippen LogP contribution in [0.4, 0.5) is 5.95 Å². The second-order valence-electron chi connectivity index (χ2n) is 6.93. The number of amides is 1. The lowest BCUT2D eigenvalue weighted by molar-refractivity contribution is -0.119. The van der Waals surface area contributed by atoms with Gasteiger partial charge < -0.3 is 15.3 Å². The van der Waals surface area contributed by atoms with Crippen LogP contribution in [-0.2, 0) is 4.79 Å². The minimum atomic E-state index is -1.02. The number of carbonyl (C=O) groups is 2. The van der Waals surface area contributed by atoms with E-state index in [1.54, 1.807) is 0 Å². The molecular weight excluding hydrogens is 344 g/mol. The lowest BCUT2D eigenvalue weighted by Gasteiger charge is -2.32. The highest BCUT2D eigenvalue weighted by Gasteiger charge is 2.22. The summed E-state index contributed by atoms with van der Waals surface area (Å²) in [6, 6.07) is 8.45. The number of hydrogen-bond donors (Lipinski definition) is 2. The first-order valence-electron chi connectivity index (χ1n) is 9.11. The maximum absolute atomic E-state index is 11.2. The number of carboxylic acids is 1. The van der Waals surface area contributed by atoms with Crippen LogP contribution in [0, 0.1) is 0 Å². The quantitative estimate of drug-likeness (QED) is 0.843. The average molecular weight is 368 g/mol. The summed E-state index contributed by atoms with van der Waals surface area (Å²) >= 11 is 0. The molecule has 0 bridgehead atoms. The van der Waals surface area contributed by atoms with Crippen LogP contribution in [0.5, 0.6) is 0 Å². The molecule has 0 spiro atoms. The van der Waals surface area contributed by atoms with Crippen molar-refractivity contribution >= 4 is 17.8 Å². The van der Waals surface area contributed by atoms with E-state index in [1.165, 1.54) is 24.9 Å². The Morgan fingerprint density at radius 2 is 1.74 bits per heavy atom. The Labute approximate surface area is 158 Å². The molecule has 1 atom stereocenters. The molecule has 3 rings (SSSR count). The maximum atomic E-state index is 11.2. The molecule has 1 saturated heterocycles. The summed E-state index contributed by atoms with van der Waals surface area (Å²) in [5.74, 6) is 0.0108. The molecule has 1 aliphatic rings. The minimum Gasteiger partial charge on any atom is -0.478 e. The van der Waals surface area contributed by atoms with E-state index in [-0.39, 0.29) is 17.5 Å². The Kier molecular flexibility index (Phi) is 5.69. The normalized spacial score (nSPS) is 16.0. The van der Waals surface area contributed by atoms with Crippen molar-refractivity contribution < 1.29 is 14.7 Å². The van der Waals surface area contributed by atoms with Crippen LogP contribution >= 0.6 is 0 Å². The number of aromatic carboxylic acids is 1. The summed E-state index contributed by atoms with van der Waals surface area (Å²) in [7, 11) is 0. The number of nitrogens with one attached hydrogen (secondary N) is 1. The first kappa shape index (κ1) is 18.8. The summed E-state index contributed by atoms with van der Waals surface area (Å²) in [5, 5.41) is 11.8. The monoisotopic (exact) mass is 368 g/mol. The molecule has 1 aliphatic heterocycles. The van der Waals surface area contributed by atoms with E-state index < -0.39 is 5.97 Å². The van der Waals surface area contributed by atoms with Crippen molar-refractivity contribution in [3.8, 4) is 0 Å². The van der Waals surface area contributed by atoms with Crippen LogP contribution < -0.4 is 10.2 Å². The molecule has 0 saturated carbocycles. The summed E-state index contributed by atoms with van der Waals surface area (Å²) in [6.07, 6.45) is 4.69. The summed E-state index contributed by atoms with van der Waals surface area (Å²) in [6.45, 7) is 5.17. The summed E-state index contributed by atoms with van der Waals surface area (Å²) < 4.78 is 0. The third-order valence-corrected chi connectivity index (χ3v) is 4.99. The predicted octanol–water partition coefficient (Wildman–Crippen LogP) is 2.76. The third-order valence-electron chi connectivity index (χ3n) is 4.99. The fraction of sp³-hybridized carbons (Fsp3) is 0.400. The molecular formula is C20H24N4O3. The van der Waals surface area contributed by atoms with E-state index in [4.69, 9.17) is 5.11 Å². The van der Waals surface area contributed by atoms with Crippen molar-refractivity contribution in [3.05, 3.63) is 53.3 Å². The van der Waals surface area contributed by atoms with Crippen molar-refractivity contribution in [3.63, 3.8) is 0 Å². The van der Waals surface area contributed by atoms with E-state index in [2.05, 4.69) is 44.5 Å². The number of nitrogens with zero attached hydrogens (tertiary/aromatic N) is 3. The molecule has 1 amide bonds. The van der Waals surface area contributed by atoms with Crippen LogP contribution in [0.15, 0.2) is 36.7 Å². The molecule has 7 nitrogen and oxygen atoms in total. The zero-order valence-electron chi connectivity index (χ0n) is 15.6. The smallest absolute Gasteiger partial charge is 0.338 e. The third kappa shape index (κ3) is 4.61. The van der Waals surface area contributed by atoms with Gasteiger partial charge in [0.1, 0.15) is 0 Å².